The van der Waals surface area contributed by atoms with Gasteiger partial charge in [0.2, 0.25) is 0 Å². The van der Waals surface area contributed by atoms with Crippen molar-refractivity contribution in [1.29, 1.82) is 0 Å². The van der Waals surface area contributed by atoms with Crippen LogP contribution in [0.5, 0.6) is 0 Å². The van der Waals surface area contributed by atoms with Crippen molar-refractivity contribution in [3.05, 3.63) is 0 Å². The Morgan fingerprint density at radius 2 is 1.73 bits per heavy atom. The minimum absolute atomic E-state index is 0.366. The minimum Gasteiger partial charge on any atom is -0.290 e. The summed E-state index contributed by atoms with van der Waals surface area (Å²) in [4.78, 5) is 2.81. The Kier molecular flexibility index (Phi) is 2.29. The van der Waals surface area contributed by atoms with Crippen LogP contribution in [-0.4, -0.2) is 22.0 Å². The van der Waals surface area contributed by atoms with E-state index < -0.39 is 0 Å². The van der Waals surface area contributed by atoms with Crippen molar-refractivity contribution in [3.8, 4) is 0 Å². The molecule has 0 aromatic heterocycles. The average molecular weight is 209 g/mol. The van der Waals surface area contributed by atoms with Crippen molar-refractivity contribution in [2.24, 2.45) is 5.41 Å². The van der Waals surface area contributed by atoms with Crippen LogP contribution in [0.15, 0.2) is 0 Å². The predicted molar refractivity (Wildman–Crippen MR) is 66.0 cm³/mol. The van der Waals surface area contributed by atoms with E-state index in [9.17, 15) is 0 Å². The Labute approximate surface area is 95.2 Å². The summed E-state index contributed by atoms with van der Waals surface area (Å²) in [5.74, 6) is 0. The van der Waals surface area contributed by atoms with Gasteiger partial charge in [-0.1, -0.05) is 20.8 Å². The molecule has 1 heteroatoms. The Bertz CT molecular complexity index is 251. The van der Waals surface area contributed by atoms with E-state index in [0.29, 0.717) is 16.5 Å². The highest BCUT2D eigenvalue weighted by Gasteiger charge is 2.60. The lowest BCUT2D eigenvalue weighted by Gasteiger charge is -2.59. The van der Waals surface area contributed by atoms with Crippen molar-refractivity contribution < 1.29 is 0 Å². The van der Waals surface area contributed by atoms with Gasteiger partial charge in [0.15, 0.2) is 0 Å². The molecule has 2 saturated heterocycles. The quantitative estimate of drug-likeness (QED) is 0.634. The van der Waals surface area contributed by atoms with Gasteiger partial charge in [-0.2, -0.15) is 0 Å². The number of rotatable bonds is 1. The second-order valence-corrected chi connectivity index (χ2v) is 7.90. The highest BCUT2D eigenvalue weighted by molar-refractivity contribution is 5.16. The maximum Gasteiger partial charge on any atom is 0.0238 e. The topological polar surface area (TPSA) is 3.24 Å². The molecule has 2 aliphatic heterocycles. The predicted octanol–water partition coefficient (Wildman–Crippen LogP) is 3.83. The van der Waals surface area contributed by atoms with E-state index >= 15 is 0 Å². The van der Waals surface area contributed by atoms with Crippen LogP contribution in [0.2, 0.25) is 0 Å². The molecule has 88 valence electrons. The van der Waals surface area contributed by atoms with E-state index in [4.69, 9.17) is 0 Å². The molecule has 2 heterocycles. The van der Waals surface area contributed by atoms with Crippen molar-refractivity contribution in [1.82, 2.24) is 4.90 Å². The van der Waals surface area contributed by atoms with Crippen molar-refractivity contribution in [2.45, 2.75) is 84.3 Å². The lowest BCUT2D eigenvalue weighted by atomic mass is 9.71. The van der Waals surface area contributed by atoms with E-state index in [-0.39, 0.29) is 0 Å². The lowest BCUT2D eigenvalue weighted by molar-refractivity contribution is -0.100. The molecule has 3 rings (SSSR count). The lowest BCUT2D eigenvalue weighted by Crippen LogP contribution is -2.66. The third kappa shape index (κ3) is 1.84. The molecule has 0 radical (unpaired) electrons. The standard InChI is InChI=1S/C14H27N/c1-12(2,3)10-14-8-7-11(9-14)15(14)13(4,5)6/h11H,7-10H2,1-6H3. The first-order valence-electron chi connectivity index (χ1n) is 6.44. The third-order valence-electron chi connectivity index (χ3n) is 4.02. The van der Waals surface area contributed by atoms with Crippen molar-refractivity contribution >= 4 is 0 Å². The summed E-state index contributed by atoms with van der Waals surface area (Å²) in [6.45, 7) is 14.3. The second kappa shape index (κ2) is 3.00. The monoisotopic (exact) mass is 209 g/mol. The molecule has 0 aromatic carbocycles. The van der Waals surface area contributed by atoms with Gasteiger partial charge in [-0.05, 0) is 51.9 Å². The fourth-order valence-electron chi connectivity index (χ4n) is 4.28. The van der Waals surface area contributed by atoms with E-state index in [1.54, 1.807) is 0 Å². The molecular formula is C14H27N. The number of fused-ring (bicyclic) bond motifs is 1. The zero-order valence-electron chi connectivity index (χ0n) is 11.4. The maximum atomic E-state index is 2.81. The third-order valence-corrected chi connectivity index (χ3v) is 4.02. The molecule has 2 unspecified atom stereocenters. The van der Waals surface area contributed by atoms with Crippen LogP contribution >= 0.6 is 0 Å². The Morgan fingerprint density at radius 3 is 2.13 bits per heavy atom. The van der Waals surface area contributed by atoms with E-state index in [0.717, 1.165) is 6.04 Å². The summed E-state index contributed by atoms with van der Waals surface area (Å²) in [6.07, 6.45) is 5.70. The maximum absolute atomic E-state index is 2.81. The zero-order chi connectivity index (χ0) is 11.5. The van der Waals surface area contributed by atoms with Gasteiger partial charge in [-0.3, -0.25) is 4.90 Å². The zero-order valence-corrected chi connectivity index (χ0v) is 11.4. The molecule has 0 spiro atoms. The molecule has 0 aromatic rings. The summed E-state index contributed by atoms with van der Waals surface area (Å²) in [7, 11) is 0. The molecule has 0 amide bonds. The summed E-state index contributed by atoms with van der Waals surface area (Å²) >= 11 is 0. The summed E-state index contributed by atoms with van der Waals surface area (Å²) in [5, 5.41) is 0. The van der Waals surface area contributed by atoms with Crippen molar-refractivity contribution in [3.63, 3.8) is 0 Å². The molecule has 1 saturated carbocycles. The number of hydrogen-bond acceptors (Lipinski definition) is 1. The van der Waals surface area contributed by atoms with Crippen LogP contribution in [0.25, 0.3) is 0 Å². The molecule has 1 aliphatic carbocycles. The van der Waals surface area contributed by atoms with Gasteiger partial charge in [0, 0.05) is 17.1 Å². The molecule has 2 atom stereocenters. The van der Waals surface area contributed by atoms with Gasteiger partial charge < -0.3 is 0 Å². The normalized spacial score (nSPS) is 36.8. The van der Waals surface area contributed by atoms with Crippen molar-refractivity contribution in [2.75, 3.05) is 0 Å². The highest BCUT2D eigenvalue weighted by atomic mass is 15.4. The first-order chi connectivity index (χ1) is 6.64. The van der Waals surface area contributed by atoms with Gasteiger partial charge in [0.1, 0.15) is 0 Å². The van der Waals surface area contributed by atoms with Crippen LogP contribution in [0, 0.1) is 5.41 Å². The van der Waals surface area contributed by atoms with Crippen LogP contribution in [-0.2, 0) is 0 Å². The Morgan fingerprint density at radius 1 is 1.13 bits per heavy atom. The van der Waals surface area contributed by atoms with Crippen LogP contribution in [0.3, 0.4) is 0 Å². The SMILES string of the molecule is CC(C)(C)CC12CCC(C1)N2C(C)(C)C. The fraction of sp³-hybridized carbons (Fsp3) is 1.00. The van der Waals surface area contributed by atoms with E-state index in [1.165, 1.54) is 25.7 Å². The molecule has 1 nitrogen and oxygen atoms in total. The van der Waals surface area contributed by atoms with Gasteiger partial charge in [0.25, 0.3) is 0 Å². The van der Waals surface area contributed by atoms with Gasteiger partial charge >= 0.3 is 0 Å². The average Bonchev–Trinajstić information content (AvgIpc) is 2.35. The van der Waals surface area contributed by atoms with E-state index in [2.05, 4.69) is 46.4 Å². The van der Waals surface area contributed by atoms with Crippen LogP contribution in [0.4, 0.5) is 0 Å². The second-order valence-electron chi connectivity index (χ2n) is 7.90. The van der Waals surface area contributed by atoms with E-state index in [1.807, 2.05) is 0 Å². The molecular weight excluding hydrogens is 182 g/mol. The largest absolute Gasteiger partial charge is 0.290 e. The summed E-state index contributed by atoms with van der Waals surface area (Å²) in [5.41, 5.74) is 1.39. The molecule has 2 bridgehead atoms. The van der Waals surface area contributed by atoms with Crippen LogP contribution in [0.1, 0.15) is 67.2 Å². The summed E-state index contributed by atoms with van der Waals surface area (Å²) < 4.78 is 0. The number of hydrogen-bond donors (Lipinski definition) is 0. The minimum atomic E-state index is 0.366. The molecule has 15 heavy (non-hydrogen) atoms. The van der Waals surface area contributed by atoms with Crippen LogP contribution < -0.4 is 0 Å². The molecule has 3 fully saturated rings. The highest BCUT2D eigenvalue weighted by Crippen LogP contribution is 2.57. The Balaban J connectivity index is 2.16. The smallest absolute Gasteiger partial charge is 0.0238 e. The molecule has 3 aliphatic rings. The Hall–Kier alpha value is -0.0400. The van der Waals surface area contributed by atoms with Gasteiger partial charge in [-0.25, -0.2) is 0 Å². The summed E-state index contributed by atoms with van der Waals surface area (Å²) in [6, 6.07) is 0.896. The number of nitrogens with zero attached hydrogens (tertiary/aromatic N) is 1. The van der Waals surface area contributed by atoms with Gasteiger partial charge in [-0.15, -0.1) is 0 Å². The molecule has 0 N–H and O–H groups in total. The first-order valence-corrected chi connectivity index (χ1v) is 6.44. The first kappa shape index (κ1) is 11.4. The van der Waals surface area contributed by atoms with Gasteiger partial charge in [0.05, 0.1) is 0 Å². The fourth-order valence-corrected chi connectivity index (χ4v) is 4.28.